The topological polar surface area (TPSA) is 919 Å². The number of phenolic OH excluding ortho intramolecular Hbond substituents is 2. The van der Waals surface area contributed by atoms with E-state index in [2.05, 4.69) is 126 Å². The number of hydrogen-bond donors (Lipinski definition) is 38. The van der Waals surface area contributed by atoms with Crippen LogP contribution in [-0.2, 0) is 86.4 Å². The molecule has 0 unspecified atom stereocenters. The largest absolute Gasteiger partial charge is 0.508 e. The first-order valence-corrected chi connectivity index (χ1v) is 48.6. The quantitative estimate of drug-likeness (QED) is 0.00845. The molecule has 798 valence electrons. The van der Waals surface area contributed by atoms with Crippen LogP contribution in [0.3, 0.4) is 0 Å². The van der Waals surface area contributed by atoms with Gasteiger partial charge in [-0.15, -0.1) is 0 Å². The third-order valence-electron chi connectivity index (χ3n) is 22.9. The van der Waals surface area contributed by atoms with Gasteiger partial charge in [-0.2, -0.15) is 25.3 Å². The number of fused-ring (bicyclic) bond motifs is 1. The second-order valence-electron chi connectivity index (χ2n) is 34.4. The van der Waals surface area contributed by atoms with Crippen LogP contribution in [0.1, 0.15) is 139 Å². The number of nitrogens with zero attached hydrogens (tertiary/aromatic N) is 1. The van der Waals surface area contributed by atoms with Gasteiger partial charge in [0.25, 0.3) is 0 Å². The molecule has 1 fully saturated rings. The number of guanidine groups is 5. The summed E-state index contributed by atoms with van der Waals surface area (Å²) in [6.45, 7) is -0.0535. The normalized spacial score (nSPS) is 14.7. The molecule has 0 bridgehead atoms. The first kappa shape index (κ1) is 120. The number of nitrogens with one attached hydrogen (secondary N) is 24. The summed E-state index contributed by atoms with van der Waals surface area (Å²) in [6.07, 6.45) is -1.28. The molecule has 145 heavy (non-hydrogen) atoms. The summed E-state index contributed by atoms with van der Waals surface area (Å²) in [6, 6.07) is 0.348. The summed E-state index contributed by atoms with van der Waals surface area (Å²) in [5.41, 5.74) is 51.7. The molecule has 53 nitrogen and oxygen atoms in total. The Morgan fingerprint density at radius 1 is 0.338 bits per heavy atom. The van der Waals surface area contributed by atoms with Crippen molar-refractivity contribution in [3.05, 3.63) is 108 Å². The number of carbonyl (C=O) groups excluding carboxylic acids is 15. The number of aliphatic carboxylic acids is 1. The van der Waals surface area contributed by atoms with Crippen LogP contribution in [0.25, 0.3) is 10.8 Å². The van der Waals surface area contributed by atoms with Crippen molar-refractivity contribution in [2.45, 2.75) is 226 Å². The predicted molar refractivity (Wildman–Crippen MR) is 545 cm³/mol. The summed E-state index contributed by atoms with van der Waals surface area (Å²) in [5, 5.41) is 120. The van der Waals surface area contributed by atoms with Gasteiger partial charge in [-0.3, -0.25) is 89.4 Å². The van der Waals surface area contributed by atoms with Crippen molar-refractivity contribution in [2.75, 3.05) is 70.4 Å². The van der Waals surface area contributed by atoms with Gasteiger partial charge < -0.3 is 173 Å². The fourth-order valence-corrected chi connectivity index (χ4v) is 15.8. The van der Waals surface area contributed by atoms with Crippen LogP contribution in [0, 0.1) is 27.0 Å². The third-order valence-corrected chi connectivity index (χ3v) is 23.7. The van der Waals surface area contributed by atoms with Crippen molar-refractivity contribution < 1.29 is 92.0 Å². The average Bonchev–Trinajstić information content (AvgIpc) is 1.68. The fourth-order valence-electron chi connectivity index (χ4n) is 15.3. The smallest absolute Gasteiger partial charge is 0.326 e. The minimum absolute atomic E-state index is 0.00770. The molecule has 1 saturated heterocycles. The predicted octanol–water partition coefficient (Wildman–Crippen LogP) is -7.30. The van der Waals surface area contributed by atoms with Crippen molar-refractivity contribution in [1.82, 2.24) is 106 Å². The molecular formula is C90H142N34O19S2. The van der Waals surface area contributed by atoms with Gasteiger partial charge in [-0.25, -0.2) is 14.4 Å². The average molecular weight is 2070 g/mol. The zero-order chi connectivity index (χ0) is 107. The lowest BCUT2D eigenvalue weighted by Crippen LogP contribution is -2.61. The maximum atomic E-state index is 15.4. The summed E-state index contributed by atoms with van der Waals surface area (Å²) < 4.78 is 0. The van der Waals surface area contributed by atoms with Crippen LogP contribution < -0.4 is 153 Å². The zero-order valence-corrected chi connectivity index (χ0v) is 82.3. The van der Waals surface area contributed by atoms with Crippen LogP contribution in [0.5, 0.6) is 11.5 Å². The second-order valence-corrected chi connectivity index (χ2v) is 35.2. The molecule has 1 aliphatic heterocycles. The van der Waals surface area contributed by atoms with Crippen LogP contribution >= 0.6 is 25.3 Å². The monoisotopic (exact) mass is 2070 g/mol. The lowest BCUT2D eigenvalue weighted by Gasteiger charge is -2.31. The molecule has 0 aromatic heterocycles. The number of benzene rings is 4. The summed E-state index contributed by atoms with van der Waals surface area (Å²) in [7, 11) is 0. The Bertz CT molecular complexity index is 5050. The van der Waals surface area contributed by atoms with Gasteiger partial charge in [0, 0.05) is 83.1 Å². The molecular weight excluding hydrogens is 1930 g/mol. The first-order valence-electron chi connectivity index (χ1n) is 47.3. The van der Waals surface area contributed by atoms with E-state index >= 15 is 28.8 Å². The Balaban J connectivity index is 1.49. The van der Waals surface area contributed by atoms with Crippen LogP contribution in [-0.4, -0.2) is 300 Å². The Morgan fingerprint density at radius 2 is 0.628 bits per heavy atom. The number of nitrogens with two attached hydrogens (primary N) is 9. The highest BCUT2D eigenvalue weighted by Crippen LogP contribution is 2.24. The van der Waals surface area contributed by atoms with E-state index in [1.807, 2.05) is 18.2 Å². The fraction of sp³-hybridized carbons (Fsp3) is 0.522. The Morgan fingerprint density at radius 3 is 0.993 bits per heavy atom. The maximum absolute atomic E-state index is 15.4. The lowest BCUT2D eigenvalue weighted by atomic mass is 10.00. The first-order chi connectivity index (χ1) is 69.0. The highest BCUT2D eigenvalue weighted by atomic mass is 32.1. The van der Waals surface area contributed by atoms with Crippen LogP contribution in [0.15, 0.2) is 91.0 Å². The molecule has 4 aromatic carbocycles. The number of unbranched alkanes of at least 4 members (excludes halogenated alkanes) is 1. The van der Waals surface area contributed by atoms with Gasteiger partial charge in [0.2, 0.25) is 76.8 Å². The van der Waals surface area contributed by atoms with Gasteiger partial charge in [-0.05, 0) is 180 Å². The van der Waals surface area contributed by atoms with Crippen molar-refractivity contribution in [3.8, 4) is 11.5 Å². The van der Waals surface area contributed by atoms with E-state index in [-0.39, 0.29) is 223 Å². The number of thiol groups is 2. The highest BCUT2D eigenvalue weighted by molar-refractivity contribution is 7.80. The molecule has 1 aliphatic rings. The number of rotatable bonds is 66. The van der Waals surface area contributed by atoms with Gasteiger partial charge in [0.1, 0.15) is 90.0 Å². The second kappa shape index (κ2) is 64.4. The molecule has 0 radical (unpaired) electrons. The van der Waals surface area contributed by atoms with Gasteiger partial charge in [0.05, 0.1) is 6.04 Å². The molecule has 0 spiro atoms. The number of primary amides is 2. The Kier molecular flexibility index (Phi) is 53.4. The van der Waals surface area contributed by atoms with Crippen LogP contribution in [0.2, 0.25) is 0 Å². The molecule has 1 heterocycles. The third kappa shape index (κ3) is 45.8. The van der Waals surface area contributed by atoms with E-state index in [0.717, 1.165) is 15.7 Å². The maximum Gasteiger partial charge on any atom is 0.326 e. The van der Waals surface area contributed by atoms with E-state index in [4.69, 9.17) is 78.6 Å². The van der Waals surface area contributed by atoms with E-state index in [1.165, 1.54) is 48.5 Å². The Hall–Kier alpha value is -15.2. The molecule has 17 amide bonds. The molecule has 55 heteroatoms. The summed E-state index contributed by atoms with van der Waals surface area (Å²) in [4.78, 5) is 230. The van der Waals surface area contributed by atoms with E-state index < -0.39 is 203 Å². The number of urea groups is 2. The molecule has 0 aliphatic carbocycles. The van der Waals surface area contributed by atoms with E-state index in [0.29, 0.717) is 23.1 Å². The minimum Gasteiger partial charge on any atom is -0.508 e. The highest BCUT2D eigenvalue weighted by Gasteiger charge is 2.42. The van der Waals surface area contributed by atoms with Gasteiger partial charge in [-0.1, -0.05) is 66.7 Å². The zero-order valence-electron chi connectivity index (χ0n) is 80.5. The molecule has 0 saturated carbocycles. The van der Waals surface area contributed by atoms with Crippen molar-refractivity contribution in [3.63, 3.8) is 0 Å². The number of carboxylic acids is 1. The van der Waals surface area contributed by atoms with Crippen molar-refractivity contribution >= 4 is 161 Å². The minimum atomic E-state index is -1.66. The van der Waals surface area contributed by atoms with E-state index in [9.17, 15) is 63.3 Å². The van der Waals surface area contributed by atoms with Gasteiger partial charge in [0.15, 0.2) is 29.8 Å². The number of amides is 17. The van der Waals surface area contributed by atoms with Crippen LogP contribution in [0.4, 0.5) is 9.59 Å². The molecule has 45 N–H and O–H groups in total. The summed E-state index contributed by atoms with van der Waals surface area (Å²) >= 11 is 8.68. The van der Waals surface area contributed by atoms with E-state index in [1.54, 1.807) is 24.3 Å². The van der Waals surface area contributed by atoms with Gasteiger partial charge >= 0.3 is 18.0 Å². The number of carbonyl (C=O) groups is 16. The number of aromatic hydroxyl groups is 2. The van der Waals surface area contributed by atoms with Crippen molar-refractivity contribution in [1.29, 1.82) is 27.0 Å². The SMILES string of the molecule is N=C(N)NCCC[C@H](NC(=O)[C@H](CS)NC(=O)[C@H](CCCNC(N)=O)NC(=O)[C@H](CCCNC(=N)N)NC(=O)[C@H](Cc1ccc(O)cc1)NC(=O)[C@@H]1CCCN1C(=O)[C@@H](CCCNC(N)=O)NC(=O)[C@H](CCCCN)NC(=O)[C@H](CCCNC(=N)N)NC(=O)[C@H](Cc1ccc(O)cc1)NC(=O)[C@H](CS)NC(=O)[C@H](Cc1ccc2ccccc2c1)NC(=O)[C@H](CCCNC(=N)N)NC(=O)[C@@H](N)CCCNC(=N)N)C(=O)O. The Labute approximate surface area is 848 Å². The summed E-state index contributed by atoms with van der Waals surface area (Å²) in [5.74, 6) is -17.0. The lowest BCUT2D eigenvalue weighted by molar-refractivity contribution is -0.142. The number of carboxylic acid groups (broad SMARTS) is 1. The molecule has 14 atom stereocenters. The van der Waals surface area contributed by atoms with Crippen molar-refractivity contribution in [2.24, 2.45) is 51.6 Å². The molecule has 5 rings (SSSR count). The number of likely N-dealkylation sites (tertiary alicyclic amines) is 1. The standard InChI is InChI=1S/C90H142N34O19S2/c91-34-4-3-16-57(113-71(128)59(18-7-37-107-86(97)98)115-76(133)64(44-49-25-30-54(125)31-26-49)120-80(137)68(48-145)123-78(135)66(46-51-24-29-52-13-1-2-14-53(52)43-51)119-74(131)58(17-6-36-106-85(95)96)112-70(127)56(92)15-5-35-105-84(93)94)73(130)117-62(21-10-41-111-90(104)143)82(139)124-42-12-23-69(124)81(138)121-65(45-50-27-32-55(126)33-28-50)77(134)116-60(19-8-38-108-87(99)100)72(129)114-61(20-9-40-110-89(103)142)75(132)122-67(47-144)79(136)118-63(83(140)141)22-11-39-109-88(101)102/h1-2,13-14,24-33,43,56-69,125-126,144-145H,3-12,15-23,34-42,44-48,91-92H2,(H,112,127)(H,113,128)(H,114,129)(H,115,133)(H,116,134)(H,117,130)(H,118,136)(H,119,131)(H,120,137)(H,121,138)(H,122,132)(H,123,135)(H,140,141)(H4,93,94,105)(H4,95,96,106)(H4,97,98,107)(H4,99,100,108)(H4,101,102,109)(H3,103,110,142)(H3,104,111,143)/t56-,57-,58-,59-,60-,61-,62+,63-,64-,65-,66-,67-,68-,69-/m0/s1. The number of phenols is 2. The number of hydrogen-bond acceptors (Lipinski definition) is 27. The molecule has 4 aromatic rings.